The summed E-state index contributed by atoms with van der Waals surface area (Å²) in [5.41, 5.74) is 1.36. The summed E-state index contributed by atoms with van der Waals surface area (Å²) in [4.78, 5) is 22.9. The third-order valence-corrected chi connectivity index (χ3v) is 3.28. The number of pyridine rings is 1. The molecule has 1 N–H and O–H groups in total. The molecule has 1 aliphatic rings. The largest absolute Gasteiger partial charge is 0.481 e. The average molecular weight is 243 g/mol. The van der Waals surface area contributed by atoms with Gasteiger partial charge in [0.1, 0.15) is 0 Å². The molecule has 1 aromatic carbocycles. The van der Waals surface area contributed by atoms with Crippen LogP contribution >= 0.6 is 0 Å². The van der Waals surface area contributed by atoms with E-state index >= 15 is 0 Å². The summed E-state index contributed by atoms with van der Waals surface area (Å²) in [5, 5.41) is 9.61. The molecular formula is C14H13NO3. The number of aliphatic carboxylic acids is 1. The number of nitrogens with zero attached hydrogens (tertiary/aromatic N) is 1. The Morgan fingerprint density at radius 1 is 1.33 bits per heavy atom. The minimum atomic E-state index is -0.904. The van der Waals surface area contributed by atoms with Crippen molar-refractivity contribution in [1.82, 2.24) is 4.57 Å². The molecule has 0 bridgehead atoms. The van der Waals surface area contributed by atoms with Crippen LogP contribution in [0.15, 0.2) is 35.1 Å². The third-order valence-electron chi connectivity index (χ3n) is 3.28. The Balaban J connectivity index is 2.31. The number of hydrogen-bond donors (Lipinski definition) is 1. The first-order chi connectivity index (χ1) is 8.66. The van der Waals surface area contributed by atoms with Crippen molar-refractivity contribution in [3.05, 3.63) is 46.2 Å². The summed E-state index contributed by atoms with van der Waals surface area (Å²) in [7, 11) is 0. The van der Waals surface area contributed by atoms with E-state index in [9.17, 15) is 9.59 Å². The number of para-hydroxylation sites is 1. The zero-order chi connectivity index (χ0) is 12.7. The van der Waals surface area contributed by atoms with Gasteiger partial charge in [0, 0.05) is 23.2 Å². The Hall–Kier alpha value is -2.10. The Morgan fingerprint density at radius 2 is 2.06 bits per heavy atom. The highest BCUT2D eigenvalue weighted by atomic mass is 16.4. The molecule has 1 saturated carbocycles. The lowest BCUT2D eigenvalue weighted by Crippen LogP contribution is -2.16. The van der Waals surface area contributed by atoms with E-state index in [1.54, 1.807) is 6.07 Å². The van der Waals surface area contributed by atoms with Crippen molar-refractivity contribution < 1.29 is 9.90 Å². The second-order valence-electron chi connectivity index (χ2n) is 4.69. The monoisotopic (exact) mass is 243 g/mol. The molecule has 1 aliphatic carbocycles. The zero-order valence-electron chi connectivity index (χ0n) is 9.80. The molecule has 1 heterocycles. The maximum Gasteiger partial charge on any atom is 0.309 e. The first kappa shape index (κ1) is 11.0. The fourth-order valence-corrected chi connectivity index (χ4v) is 2.40. The van der Waals surface area contributed by atoms with E-state index in [2.05, 4.69) is 0 Å². The summed E-state index contributed by atoms with van der Waals surface area (Å²) in [6, 6.07) is 9.21. The molecule has 4 nitrogen and oxygen atoms in total. The minimum absolute atomic E-state index is 0.0984. The van der Waals surface area contributed by atoms with Crippen LogP contribution in [0.2, 0.25) is 0 Å². The van der Waals surface area contributed by atoms with Gasteiger partial charge in [-0.1, -0.05) is 12.1 Å². The van der Waals surface area contributed by atoms with Gasteiger partial charge in [-0.25, -0.2) is 0 Å². The van der Waals surface area contributed by atoms with Crippen molar-refractivity contribution in [2.24, 2.45) is 0 Å². The van der Waals surface area contributed by atoms with E-state index in [1.165, 1.54) is 6.07 Å². The predicted octanol–water partition coefficient (Wildman–Crippen LogP) is 1.96. The predicted molar refractivity (Wildman–Crippen MR) is 67.8 cm³/mol. The van der Waals surface area contributed by atoms with Crippen LogP contribution in [0, 0.1) is 0 Å². The van der Waals surface area contributed by atoms with Crippen LogP contribution in [0.4, 0.5) is 0 Å². The van der Waals surface area contributed by atoms with E-state index in [4.69, 9.17) is 5.11 Å². The summed E-state index contributed by atoms with van der Waals surface area (Å²) >= 11 is 0. The molecule has 2 aromatic rings. The summed E-state index contributed by atoms with van der Waals surface area (Å²) in [6.45, 7) is 0. The summed E-state index contributed by atoms with van der Waals surface area (Å²) in [5.74, 6) is -0.904. The minimum Gasteiger partial charge on any atom is -0.481 e. The maximum atomic E-state index is 12.0. The SMILES string of the molecule is O=C(O)Cc1cc(=O)c2ccccc2n1C1CC1. The van der Waals surface area contributed by atoms with E-state index in [1.807, 2.05) is 22.8 Å². The van der Waals surface area contributed by atoms with Gasteiger partial charge >= 0.3 is 5.97 Å². The van der Waals surface area contributed by atoms with Crippen molar-refractivity contribution in [1.29, 1.82) is 0 Å². The van der Waals surface area contributed by atoms with Crippen molar-refractivity contribution in [3.8, 4) is 0 Å². The highest BCUT2D eigenvalue weighted by Crippen LogP contribution is 2.37. The molecule has 92 valence electrons. The van der Waals surface area contributed by atoms with Gasteiger partial charge in [0.2, 0.25) is 0 Å². The number of benzene rings is 1. The molecule has 1 aromatic heterocycles. The van der Waals surface area contributed by atoms with E-state index in [0.29, 0.717) is 17.1 Å². The first-order valence-electron chi connectivity index (χ1n) is 6.02. The van der Waals surface area contributed by atoms with Crippen LogP contribution in [0.5, 0.6) is 0 Å². The Kier molecular flexibility index (Phi) is 2.44. The molecule has 4 heteroatoms. The standard InChI is InChI=1S/C14H13NO3/c16-13-7-10(8-14(17)18)15(9-5-6-9)12-4-2-1-3-11(12)13/h1-4,7,9H,5-6,8H2,(H,17,18). The quantitative estimate of drug-likeness (QED) is 0.896. The Labute approximate surface area is 103 Å². The fraction of sp³-hybridized carbons (Fsp3) is 0.286. The van der Waals surface area contributed by atoms with E-state index in [0.717, 1.165) is 18.4 Å². The van der Waals surface area contributed by atoms with Crippen molar-refractivity contribution in [2.75, 3.05) is 0 Å². The average Bonchev–Trinajstić information content (AvgIpc) is 3.13. The number of carboxylic acid groups (broad SMARTS) is 1. The van der Waals surface area contributed by atoms with Gasteiger partial charge in [-0.3, -0.25) is 9.59 Å². The van der Waals surface area contributed by atoms with Gasteiger partial charge in [0.05, 0.1) is 11.9 Å². The normalized spacial score (nSPS) is 14.9. The maximum absolute atomic E-state index is 12.0. The highest BCUT2D eigenvalue weighted by molar-refractivity contribution is 5.80. The molecule has 0 spiro atoms. The molecule has 0 atom stereocenters. The van der Waals surface area contributed by atoms with Gasteiger partial charge in [-0.2, -0.15) is 0 Å². The van der Waals surface area contributed by atoms with Gasteiger partial charge in [-0.15, -0.1) is 0 Å². The van der Waals surface area contributed by atoms with Gasteiger partial charge in [0.15, 0.2) is 5.43 Å². The number of carbonyl (C=O) groups is 1. The molecule has 0 unspecified atom stereocenters. The van der Waals surface area contributed by atoms with Crippen molar-refractivity contribution in [3.63, 3.8) is 0 Å². The van der Waals surface area contributed by atoms with Crippen LogP contribution in [0.25, 0.3) is 10.9 Å². The fourth-order valence-electron chi connectivity index (χ4n) is 2.40. The van der Waals surface area contributed by atoms with Crippen LogP contribution in [0.3, 0.4) is 0 Å². The van der Waals surface area contributed by atoms with E-state index in [-0.39, 0.29) is 11.8 Å². The van der Waals surface area contributed by atoms with Crippen LogP contribution < -0.4 is 5.43 Å². The van der Waals surface area contributed by atoms with Crippen molar-refractivity contribution >= 4 is 16.9 Å². The number of rotatable bonds is 3. The summed E-state index contributed by atoms with van der Waals surface area (Å²) in [6.07, 6.45) is 2.01. The Bertz CT molecular complexity index is 683. The van der Waals surface area contributed by atoms with Crippen LogP contribution in [0.1, 0.15) is 24.6 Å². The molecule has 0 radical (unpaired) electrons. The highest BCUT2D eigenvalue weighted by Gasteiger charge is 2.27. The molecular weight excluding hydrogens is 230 g/mol. The lowest BCUT2D eigenvalue weighted by Gasteiger charge is -2.15. The number of hydrogen-bond acceptors (Lipinski definition) is 2. The second kappa shape index (κ2) is 3.98. The molecule has 0 saturated heterocycles. The molecule has 1 fully saturated rings. The lowest BCUT2D eigenvalue weighted by molar-refractivity contribution is -0.136. The van der Waals surface area contributed by atoms with Crippen LogP contribution in [-0.2, 0) is 11.2 Å². The van der Waals surface area contributed by atoms with Gasteiger partial charge in [-0.05, 0) is 25.0 Å². The third kappa shape index (κ3) is 1.79. The number of carboxylic acids is 1. The van der Waals surface area contributed by atoms with Crippen molar-refractivity contribution in [2.45, 2.75) is 25.3 Å². The first-order valence-corrected chi connectivity index (χ1v) is 6.02. The number of aromatic nitrogens is 1. The smallest absolute Gasteiger partial charge is 0.309 e. The summed E-state index contributed by atoms with van der Waals surface area (Å²) < 4.78 is 2.02. The number of fused-ring (bicyclic) bond motifs is 1. The van der Waals surface area contributed by atoms with Gasteiger partial charge < -0.3 is 9.67 Å². The second-order valence-corrected chi connectivity index (χ2v) is 4.69. The lowest BCUT2D eigenvalue weighted by atomic mass is 10.1. The molecule has 18 heavy (non-hydrogen) atoms. The van der Waals surface area contributed by atoms with E-state index < -0.39 is 5.97 Å². The molecule has 0 amide bonds. The van der Waals surface area contributed by atoms with Gasteiger partial charge in [0.25, 0.3) is 0 Å². The van der Waals surface area contributed by atoms with Crippen LogP contribution in [-0.4, -0.2) is 15.6 Å². The topological polar surface area (TPSA) is 59.3 Å². The Morgan fingerprint density at radius 3 is 2.72 bits per heavy atom. The zero-order valence-corrected chi connectivity index (χ0v) is 9.80. The molecule has 3 rings (SSSR count). The molecule has 0 aliphatic heterocycles.